The number of nitrogens with zero attached hydrogens (tertiary/aromatic N) is 1. The molecule has 1 rings (SSSR count). The minimum Gasteiger partial charge on any atom is -0.342 e. The van der Waals surface area contributed by atoms with E-state index in [1.165, 1.54) is 11.3 Å². The van der Waals surface area contributed by atoms with Gasteiger partial charge in [-0.05, 0) is 42.8 Å². The maximum Gasteiger partial charge on any atom is 0.239 e. The monoisotopic (exact) mass is 352 g/mol. The van der Waals surface area contributed by atoms with Crippen LogP contribution in [0.1, 0.15) is 25.6 Å². The second-order valence-corrected chi connectivity index (χ2v) is 6.54. The summed E-state index contributed by atoms with van der Waals surface area (Å²) in [7, 11) is 0. The first-order valence-corrected chi connectivity index (χ1v) is 7.94. The molecule has 0 aliphatic carbocycles. The van der Waals surface area contributed by atoms with E-state index >= 15 is 0 Å². The number of hydrogen-bond acceptors (Lipinski definition) is 3. The van der Waals surface area contributed by atoms with E-state index in [2.05, 4.69) is 21.2 Å². The van der Waals surface area contributed by atoms with Crippen LogP contribution in [0.4, 0.5) is 0 Å². The van der Waals surface area contributed by atoms with Crippen molar-refractivity contribution in [2.24, 2.45) is 0 Å². The number of carbonyl (C=O) groups is 1. The van der Waals surface area contributed by atoms with Crippen molar-refractivity contribution in [1.82, 2.24) is 10.2 Å². The van der Waals surface area contributed by atoms with Gasteiger partial charge in [-0.1, -0.05) is 11.6 Å². The van der Waals surface area contributed by atoms with Gasteiger partial charge in [0.25, 0.3) is 0 Å². The van der Waals surface area contributed by atoms with E-state index in [0.29, 0.717) is 6.54 Å². The molecule has 0 fully saturated rings. The van der Waals surface area contributed by atoms with Crippen molar-refractivity contribution in [2.45, 2.75) is 33.4 Å². The van der Waals surface area contributed by atoms with Gasteiger partial charge in [0.2, 0.25) is 5.91 Å². The van der Waals surface area contributed by atoms with E-state index in [1.807, 2.05) is 31.7 Å². The van der Waals surface area contributed by atoms with Crippen LogP contribution in [0.3, 0.4) is 0 Å². The van der Waals surface area contributed by atoms with Gasteiger partial charge in [-0.15, -0.1) is 11.3 Å². The fourth-order valence-corrected chi connectivity index (χ4v) is 3.37. The molecule has 0 saturated heterocycles. The highest BCUT2D eigenvalue weighted by Gasteiger charge is 2.17. The Hall–Kier alpha value is -0.100. The van der Waals surface area contributed by atoms with Crippen molar-refractivity contribution >= 4 is 44.8 Å². The number of thiophene rings is 1. The largest absolute Gasteiger partial charge is 0.342 e. The lowest BCUT2D eigenvalue weighted by molar-refractivity contribution is -0.132. The molecule has 102 valence electrons. The Morgan fingerprint density at radius 1 is 1.56 bits per heavy atom. The molecule has 1 N–H and O–H groups in total. The third kappa shape index (κ3) is 4.23. The minimum atomic E-state index is -0.176. The summed E-state index contributed by atoms with van der Waals surface area (Å²) in [4.78, 5) is 15.0. The van der Waals surface area contributed by atoms with Crippen LogP contribution in [0.15, 0.2) is 10.5 Å². The average Bonchev–Trinajstić information content (AvgIpc) is 2.67. The molecule has 0 aromatic carbocycles. The summed E-state index contributed by atoms with van der Waals surface area (Å²) in [5.74, 6) is 0.140. The molecule has 1 aromatic rings. The van der Waals surface area contributed by atoms with Crippen LogP contribution in [-0.4, -0.2) is 29.9 Å². The van der Waals surface area contributed by atoms with Crippen molar-refractivity contribution in [3.8, 4) is 0 Å². The van der Waals surface area contributed by atoms with E-state index in [0.717, 1.165) is 26.8 Å². The smallest absolute Gasteiger partial charge is 0.239 e. The zero-order chi connectivity index (χ0) is 13.7. The van der Waals surface area contributed by atoms with Crippen molar-refractivity contribution in [2.75, 3.05) is 13.1 Å². The standard InChI is InChI=1S/C12H18BrClN2OS/c1-4-16(5-2)12(17)8(3)15-7-9-6-10(13)11(14)18-9/h6,8,15H,4-5,7H2,1-3H3. The molecule has 0 bridgehead atoms. The van der Waals surface area contributed by atoms with Gasteiger partial charge in [-0.2, -0.15) is 0 Å². The number of halogens is 2. The van der Waals surface area contributed by atoms with Gasteiger partial charge >= 0.3 is 0 Å². The van der Waals surface area contributed by atoms with Crippen LogP contribution in [0, 0.1) is 0 Å². The SMILES string of the molecule is CCN(CC)C(=O)C(C)NCc1cc(Br)c(Cl)s1. The number of rotatable bonds is 6. The van der Waals surface area contributed by atoms with E-state index < -0.39 is 0 Å². The molecule has 18 heavy (non-hydrogen) atoms. The predicted octanol–water partition coefficient (Wildman–Crippen LogP) is 3.51. The number of nitrogens with one attached hydrogen (secondary N) is 1. The quantitative estimate of drug-likeness (QED) is 0.849. The summed E-state index contributed by atoms with van der Waals surface area (Å²) in [6, 6.07) is 1.80. The molecule has 1 heterocycles. The predicted molar refractivity (Wildman–Crippen MR) is 81.3 cm³/mol. The van der Waals surface area contributed by atoms with Gasteiger partial charge in [0.05, 0.1) is 6.04 Å². The fraction of sp³-hybridized carbons (Fsp3) is 0.583. The van der Waals surface area contributed by atoms with Gasteiger partial charge in [-0.25, -0.2) is 0 Å². The normalized spacial score (nSPS) is 12.5. The topological polar surface area (TPSA) is 32.3 Å². The Morgan fingerprint density at radius 3 is 2.61 bits per heavy atom. The molecule has 0 aliphatic rings. The van der Waals surface area contributed by atoms with E-state index in [1.54, 1.807) is 0 Å². The molecular formula is C12H18BrClN2OS. The van der Waals surface area contributed by atoms with E-state index in [9.17, 15) is 4.79 Å². The number of likely N-dealkylation sites (N-methyl/N-ethyl adjacent to an activating group) is 1. The molecule has 1 unspecified atom stereocenters. The Bertz CT molecular complexity index is 387. The Balaban J connectivity index is 2.50. The van der Waals surface area contributed by atoms with E-state index in [4.69, 9.17) is 11.6 Å². The first-order chi connectivity index (χ1) is 8.49. The summed E-state index contributed by atoms with van der Waals surface area (Å²) < 4.78 is 1.66. The zero-order valence-corrected chi connectivity index (χ0v) is 14.0. The molecule has 3 nitrogen and oxygen atoms in total. The lowest BCUT2D eigenvalue weighted by Gasteiger charge is -2.23. The summed E-state index contributed by atoms with van der Waals surface area (Å²) in [5, 5.41) is 3.23. The van der Waals surface area contributed by atoms with Crippen molar-refractivity contribution in [3.63, 3.8) is 0 Å². The van der Waals surface area contributed by atoms with Crippen molar-refractivity contribution < 1.29 is 4.79 Å². The van der Waals surface area contributed by atoms with Gasteiger partial charge in [0.15, 0.2) is 0 Å². The maximum atomic E-state index is 12.0. The first kappa shape index (κ1) is 16.0. The van der Waals surface area contributed by atoms with Crippen LogP contribution >= 0.6 is 38.9 Å². The van der Waals surface area contributed by atoms with Crippen LogP contribution in [0.25, 0.3) is 0 Å². The minimum absolute atomic E-state index is 0.140. The molecule has 1 amide bonds. The van der Waals surface area contributed by atoms with Gasteiger partial charge < -0.3 is 10.2 Å². The highest BCUT2D eigenvalue weighted by atomic mass is 79.9. The molecule has 0 aliphatic heterocycles. The third-order valence-corrected chi connectivity index (χ3v) is 5.20. The van der Waals surface area contributed by atoms with Crippen molar-refractivity contribution in [3.05, 3.63) is 19.8 Å². The van der Waals surface area contributed by atoms with Gasteiger partial charge in [0.1, 0.15) is 4.34 Å². The number of amides is 1. The molecule has 0 radical (unpaired) electrons. The Kier molecular flexibility index (Phi) is 6.63. The third-order valence-electron chi connectivity index (χ3n) is 2.72. The molecule has 1 atom stereocenters. The first-order valence-electron chi connectivity index (χ1n) is 5.95. The molecule has 1 aromatic heterocycles. The molecule has 6 heteroatoms. The summed E-state index contributed by atoms with van der Waals surface area (Å²) >= 11 is 10.9. The lowest BCUT2D eigenvalue weighted by atomic mass is 10.2. The average molecular weight is 354 g/mol. The Morgan fingerprint density at radius 2 is 2.17 bits per heavy atom. The highest BCUT2D eigenvalue weighted by Crippen LogP contribution is 2.31. The number of hydrogen-bond donors (Lipinski definition) is 1. The van der Waals surface area contributed by atoms with Crippen LogP contribution in [0.2, 0.25) is 4.34 Å². The van der Waals surface area contributed by atoms with Crippen LogP contribution < -0.4 is 5.32 Å². The van der Waals surface area contributed by atoms with Gasteiger partial charge in [0, 0.05) is 29.0 Å². The van der Waals surface area contributed by atoms with Crippen LogP contribution in [-0.2, 0) is 11.3 Å². The summed E-state index contributed by atoms with van der Waals surface area (Å²) in [6.45, 7) is 8.03. The molecular weight excluding hydrogens is 336 g/mol. The van der Waals surface area contributed by atoms with Crippen LogP contribution in [0.5, 0.6) is 0 Å². The zero-order valence-electron chi connectivity index (χ0n) is 10.8. The summed E-state index contributed by atoms with van der Waals surface area (Å²) in [6.07, 6.45) is 0. The number of carbonyl (C=O) groups excluding carboxylic acids is 1. The van der Waals surface area contributed by atoms with E-state index in [-0.39, 0.29) is 11.9 Å². The van der Waals surface area contributed by atoms with Crippen molar-refractivity contribution in [1.29, 1.82) is 0 Å². The maximum absolute atomic E-state index is 12.0. The summed E-state index contributed by atoms with van der Waals surface area (Å²) in [5.41, 5.74) is 0. The second kappa shape index (κ2) is 7.48. The lowest BCUT2D eigenvalue weighted by Crippen LogP contribution is -2.44. The second-order valence-electron chi connectivity index (χ2n) is 3.95. The highest BCUT2D eigenvalue weighted by molar-refractivity contribution is 9.10. The Labute approximate surface area is 126 Å². The molecule has 0 saturated carbocycles. The van der Waals surface area contributed by atoms with Gasteiger partial charge in [-0.3, -0.25) is 4.79 Å². The molecule has 0 spiro atoms. The fourth-order valence-electron chi connectivity index (χ4n) is 1.63.